The summed E-state index contributed by atoms with van der Waals surface area (Å²) in [6.45, 7) is -0.0325. The molecule has 0 heterocycles. The van der Waals surface area contributed by atoms with Crippen molar-refractivity contribution in [3.8, 4) is 5.75 Å². The van der Waals surface area contributed by atoms with Crippen LogP contribution in [0, 0.1) is 11.6 Å². The molecule has 0 aromatic heterocycles. The largest absolute Gasteiger partial charge is 0.489 e. The number of halogens is 3. The summed E-state index contributed by atoms with van der Waals surface area (Å²) in [5.41, 5.74) is 0.417. The van der Waals surface area contributed by atoms with Gasteiger partial charge in [0, 0.05) is 6.07 Å². The Morgan fingerprint density at radius 1 is 1.10 bits per heavy atom. The van der Waals surface area contributed by atoms with Crippen LogP contribution < -0.4 is 10.2 Å². The molecule has 0 bridgehead atoms. The number of hydrogen-bond acceptors (Lipinski definition) is 3. The first kappa shape index (κ1) is 14.8. The molecule has 0 unspecified atom stereocenters. The van der Waals surface area contributed by atoms with Crippen LogP contribution in [-0.2, 0) is 6.61 Å². The molecule has 0 spiro atoms. The predicted octanol–water partition coefficient (Wildman–Crippen LogP) is 1.88. The zero-order valence-electron chi connectivity index (χ0n) is 10.2. The number of benzene rings is 2. The van der Waals surface area contributed by atoms with Gasteiger partial charge in [0.25, 0.3) is 0 Å². The first-order chi connectivity index (χ1) is 9.47. The molecule has 3 nitrogen and oxygen atoms in total. The Labute approximate surface area is 119 Å². The first-order valence-corrected chi connectivity index (χ1v) is 6.07. The summed E-state index contributed by atoms with van der Waals surface area (Å²) >= 11 is 5.61. The number of hydrogen-bond donors (Lipinski definition) is 2. The van der Waals surface area contributed by atoms with Crippen molar-refractivity contribution in [2.24, 2.45) is 0 Å². The number of rotatable bonds is 4. The van der Waals surface area contributed by atoms with Crippen molar-refractivity contribution in [1.29, 1.82) is 0 Å². The van der Waals surface area contributed by atoms with E-state index in [0.29, 0.717) is 11.3 Å². The second kappa shape index (κ2) is 6.22. The summed E-state index contributed by atoms with van der Waals surface area (Å²) < 4.78 is 31.4. The zero-order chi connectivity index (χ0) is 14.7. The fraction of sp³-hybridized carbons (Fsp3) is 0.0769. The van der Waals surface area contributed by atoms with E-state index in [1.54, 1.807) is 0 Å². The van der Waals surface area contributed by atoms with E-state index in [9.17, 15) is 8.78 Å². The lowest BCUT2D eigenvalue weighted by molar-refractivity contribution is 0.305. The highest BCUT2D eigenvalue weighted by atomic mass is 35.5. The summed E-state index contributed by atoms with van der Waals surface area (Å²) in [5, 5.41) is 18.3. The Morgan fingerprint density at radius 2 is 1.85 bits per heavy atom. The summed E-state index contributed by atoms with van der Waals surface area (Å²) in [5.74, 6) is -0.826. The third-order valence-electron chi connectivity index (χ3n) is 2.67. The van der Waals surface area contributed by atoms with Crippen LogP contribution >= 0.6 is 11.6 Å². The molecular formula is C13H10BClF2O3. The lowest BCUT2D eigenvalue weighted by Crippen LogP contribution is -2.34. The molecule has 104 valence electrons. The molecule has 0 aliphatic heterocycles. The highest BCUT2D eigenvalue weighted by molar-refractivity contribution is 6.59. The van der Waals surface area contributed by atoms with Gasteiger partial charge in [0.15, 0.2) is 0 Å². The van der Waals surface area contributed by atoms with Gasteiger partial charge < -0.3 is 14.8 Å². The fourth-order valence-corrected chi connectivity index (χ4v) is 1.84. The monoisotopic (exact) mass is 298 g/mol. The summed E-state index contributed by atoms with van der Waals surface area (Å²) in [4.78, 5) is 0. The van der Waals surface area contributed by atoms with Crippen molar-refractivity contribution < 1.29 is 23.6 Å². The molecule has 7 heteroatoms. The van der Waals surface area contributed by atoms with Crippen LogP contribution in [0.3, 0.4) is 0 Å². The second-order valence-electron chi connectivity index (χ2n) is 4.08. The fourth-order valence-electron chi connectivity index (χ4n) is 1.67. The van der Waals surface area contributed by atoms with Crippen molar-refractivity contribution in [3.63, 3.8) is 0 Å². The SMILES string of the molecule is OB(O)c1cc(F)ccc1COc1ccc(F)c(Cl)c1. The van der Waals surface area contributed by atoms with Gasteiger partial charge in [0.1, 0.15) is 24.0 Å². The van der Waals surface area contributed by atoms with Crippen molar-refractivity contribution >= 4 is 24.2 Å². The van der Waals surface area contributed by atoms with Crippen LogP contribution in [0.4, 0.5) is 8.78 Å². The Hall–Kier alpha value is -1.63. The van der Waals surface area contributed by atoms with Gasteiger partial charge in [-0.3, -0.25) is 0 Å². The minimum Gasteiger partial charge on any atom is -0.489 e. The molecule has 0 aliphatic carbocycles. The van der Waals surface area contributed by atoms with Crippen molar-refractivity contribution in [1.82, 2.24) is 0 Å². The van der Waals surface area contributed by atoms with Gasteiger partial charge in [-0.1, -0.05) is 17.7 Å². The summed E-state index contributed by atoms with van der Waals surface area (Å²) in [7, 11) is -1.80. The summed E-state index contributed by atoms with van der Waals surface area (Å²) in [6.07, 6.45) is 0. The zero-order valence-corrected chi connectivity index (χ0v) is 10.9. The molecule has 2 rings (SSSR count). The normalized spacial score (nSPS) is 10.4. The van der Waals surface area contributed by atoms with E-state index in [4.69, 9.17) is 26.4 Å². The Bertz CT molecular complexity index is 623. The van der Waals surface area contributed by atoms with E-state index in [2.05, 4.69) is 0 Å². The Balaban J connectivity index is 2.16. The van der Waals surface area contributed by atoms with Crippen molar-refractivity contribution in [2.45, 2.75) is 6.61 Å². The van der Waals surface area contributed by atoms with Gasteiger partial charge in [-0.25, -0.2) is 8.78 Å². The van der Waals surface area contributed by atoms with Gasteiger partial charge >= 0.3 is 7.12 Å². The quantitative estimate of drug-likeness (QED) is 0.847. The molecule has 0 radical (unpaired) electrons. The molecule has 2 aromatic carbocycles. The first-order valence-electron chi connectivity index (χ1n) is 5.69. The maximum absolute atomic E-state index is 13.0. The van der Waals surface area contributed by atoms with Crippen LogP contribution in [0.15, 0.2) is 36.4 Å². The van der Waals surface area contributed by atoms with Gasteiger partial charge in [-0.15, -0.1) is 0 Å². The minimum absolute atomic E-state index is 0.0122. The van der Waals surface area contributed by atoms with Gasteiger partial charge in [-0.05, 0) is 35.3 Å². The molecule has 0 saturated heterocycles. The molecule has 2 aromatic rings. The lowest BCUT2D eigenvalue weighted by atomic mass is 9.77. The lowest BCUT2D eigenvalue weighted by Gasteiger charge is -2.11. The van der Waals surface area contributed by atoms with Gasteiger partial charge in [0.05, 0.1) is 5.02 Å². The van der Waals surface area contributed by atoms with Crippen LogP contribution in [0.2, 0.25) is 5.02 Å². The average Bonchev–Trinajstić information content (AvgIpc) is 2.41. The smallest absolute Gasteiger partial charge is 0.488 e. The molecule has 0 aliphatic rings. The third-order valence-corrected chi connectivity index (χ3v) is 2.96. The van der Waals surface area contributed by atoms with Crippen LogP contribution in [0.25, 0.3) is 0 Å². The molecule has 0 saturated carbocycles. The van der Waals surface area contributed by atoms with Gasteiger partial charge in [0.2, 0.25) is 0 Å². The maximum Gasteiger partial charge on any atom is 0.488 e. The Kier molecular flexibility index (Phi) is 4.59. The van der Waals surface area contributed by atoms with E-state index < -0.39 is 18.8 Å². The highest BCUT2D eigenvalue weighted by Gasteiger charge is 2.17. The minimum atomic E-state index is -1.80. The molecular weight excluding hydrogens is 288 g/mol. The predicted molar refractivity (Wildman–Crippen MR) is 72.0 cm³/mol. The van der Waals surface area contributed by atoms with Crippen LogP contribution in [-0.4, -0.2) is 17.2 Å². The molecule has 0 atom stereocenters. The molecule has 0 amide bonds. The second-order valence-corrected chi connectivity index (χ2v) is 4.49. The van der Waals surface area contributed by atoms with Crippen LogP contribution in [0.1, 0.15) is 5.56 Å². The van der Waals surface area contributed by atoms with E-state index in [1.807, 2.05) is 0 Å². The molecule has 20 heavy (non-hydrogen) atoms. The topological polar surface area (TPSA) is 49.7 Å². The van der Waals surface area contributed by atoms with E-state index in [0.717, 1.165) is 12.1 Å². The van der Waals surface area contributed by atoms with E-state index >= 15 is 0 Å². The highest BCUT2D eigenvalue weighted by Crippen LogP contribution is 2.21. The molecule has 2 N–H and O–H groups in total. The third kappa shape index (κ3) is 3.48. The maximum atomic E-state index is 13.0. The standard InChI is InChI=1S/C13H10BClF2O3/c15-12-6-10(3-4-13(12)17)20-7-8-1-2-9(16)5-11(8)14(18)19/h1-6,18-19H,7H2. The molecule has 0 fully saturated rings. The van der Waals surface area contributed by atoms with E-state index in [1.165, 1.54) is 24.3 Å². The Morgan fingerprint density at radius 3 is 2.50 bits per heavy atom. The van der Waals surface area contributed by atoms with Crippen molar-refractivity contribution in [2.75, 3.05) is 0 Å². The average molecular weight is 298 g/mol. The van der Waals surface area contributed by atoms with Crippen LogP contribution in [0.5, 0.6) is 5.75 Å². The van der Waals surface area contributed by atoms with Gasteiger partial charge in [-0.2, -0.15) is 0 Å². The summed E-state index contributed by atoms with van der Waals surface area (Å²) in [6, 6.07) is 7.43. The number of ether oxygens (including phenoxy) is 1. The van der Waals surface area contributed by atoms with E-state index in [-0.39, 0.29) is 17.1 Å². The van der Waals surface area contributed by atoms with Crippen molar-refractivity contribution in [3.05, 3.63) is 58.6 Å².